The van der Waals surface area contributed by atoms with Gasteiger partial charge in [-0.05, 0) is 24.6 Å². The van der Waals surface area contributed by atoms with Crippen molar-refractivity contribution in [3.8, 4) is 0 Å². The lowest BCUT2D eigenvalue weighted by atomic mass is 10.1. The fourth-order valence-corrected chi connectivity index (χ4v) is 3.07. The molecule has 2 heterocycles. The zero-order valence-corrected chi connectivity index (χ0v) is 13.0. The van der Waals surface area contributed by atoms with Gasteiger partial charge in [-0.3, -0.25) is 9.20 Å². The van der Waals surface area contributed by atoms with Crippen molar-refractivity contribution in [2.75, 3.05) is 0 Å². The van der Waals surface area contributed by atoms with Crippen LogP contribution in [0, 0.1) is 0 Å². The molecule has 108 valence electrons. The molecule has 4 nitrogen and oxygen atoms in total. The summed E-state index contributed by atoms with van der Waals surface area (Å²) in [4.78, 5) is 17.1. The van der Waals surface area contributed by atoms with Crippen LogP contribution in [-0.4, -0.2) is 9.38 Å². The Morgan fingerprint density at radius 3 is 3.10 bits per heavy atom. The number of halogens is 1. The van der Waals surface area contributed by atoms with E-state index in [1.165, 1.54) is 11.3 Å². The molecule has 1 aromatic carbocycles. The highest BCUT2D eigenvalue weighted by Gasteiger charge is 2.07. The van der Waals surface area contributed by atoms with Crippen molar-refractivity contribution < 1.29 is 0 Å². The molecule has 0 saturated heterocycles. The maximum absolute atomic E-state index is 11.9. The number of benzene rings is 1. The van der Waals surface area contributed by atoms with Gasteiger partial charge < -0.3 is 5.32 Å². The van der Waals surface area contributed by atoms with Crippen molar-refractivity contribution in [2.45, 2.75) is 19.5 Å². The van der Waals surface area contributed by atoms with Crippen molar-refractivity contribution in [3.63, 3.8) is 0 Å². The summed E-state index contributed by atoms with van der Waals surface area (Å²) in [6.07, 6.45) is 1.74. The molecule has 2 aromatic heterocycles. The van der Waals surface area contributed by atoms with Gasteiger partial charge in [0.1, 0.15) is 0 Å². The molecule has 0 aliphatic carbocycles. The molecule has 0 saturated carbocycles. The molecule has 0 unspecified atom stereocenters. The van der Waals surface area contributed by atoms with Gasteiger partial charge in [-0.15, -0.1) is 11.3 Å². The van der Waals surface area contributed by atoms with Crippen LogP contribution in [0.25, 0.3) is 4.96 Å². The summed E-state index contributed by atoms with van der Waals surface area (Å²) >= 11 is 7.45. The van der Waals surface area contributed by atoms with Crippen LogP contribution in [0.1, 0.15) is 24.2 Å². The summed E-state index contributed by atoms with van der Waals surface area (Å²) in [5.74, 6) is 0. The summed E-state index contributed by atoms with van der Waals surface area (Å²) in [6, 6.07) is 9.44. The summed E-state index contributed by atoms with van der Waals surface area (Å²) in [6.45, 7) is 2.60. The zero-order valence-electron chi connectivity index (χ0n) is 11.4. The van der Waals surface area contributed by atoms with E-state index in [1.807, 2.05) is 29.6 Å². The predicted molar refractivity (Wildman–Crippen MR) is 86.0 cm³/mol. The van der Waals surface area contributed by atoms with Crippen molar-refractivity contribution in [2.24, 2.45) is 0 Å². The molecule has 0 aliphatic heterocycles. The maximum atomic E-state index is 11.9. The average molecular weight is 320 g/mol. The van der Waals surface area contributed by atoms with Crippen molar-refractivity contribution in [3.05, 3.63) is 68.5 Å². The van der Waals surface area contributed by atoms with Gasteiger partial charge in [0, 0.05) is 35.3 Å². The third kappa shape index (κ3) is 3.15. The molecular weight excluding hydrogens is 306 g/mol. The quantitative estimate of drug-likeness (QED) is 0.803. The Morgan fingerprint density at radius 1 is 1.43 bits per heavy atom. The molecule has 3 rings (SSSR count). The number of hydrogen-bond acceptors (Lipinski definition) is 4. The zero-order chi connectivity index (χ0) is 14.8. The number of nitrogens with zero attached hydrogens (tertiary/aromatic N) is 2. The van der Waals surface area contributed by atoms with E-state index in [0.29, 0.717) is 6.54 Å². The van der Waals surface area contributed by atoms with Crippen LogP contribution in [0.4, 0.5) is 0 Å². The number of hydrogen-bond donors (Lipinski definition) is 1. The number of nitrogens with one attached hydrogen (secondary N) is 1. The van der Waals surface area contributed by atoms with Crippen LogP contribution in [0.5, 0.6) is 0 Å². The van der Waals surface area contributed by atoms with Crippen molar-refractivity contribution in [1.29, 1.82) is 0 Å². The molecule has 0 fully saturated rings. The minimum absolute atomic E-state index is 0.0477. The SMILES string of the molecule is C[C@H](NCc1cc(=O)n2ccsc2n1)c1cccc(Cl)c1. The minimum atomic E-state index is -0.0477. The molecule has 0 bridgehead atoms. The Hall–Kier alpha value is -1.69. The summed E-state index contributed by atoms with van der Waals surface area (Å²) in [7, 11) is 0. The van der Waals surface area contributed by atoms with Gasteiger partial charge in [-0.2, -0.15) is 0 Å². The number of thiazole rings is 1. The number of rotatable bonds is 4. The van der Waals surface area contributed by atoms with Gasteiger partial charge in [0.25, 0.3) is 5.56 Å². The Bertz CT molecular complexity index is 827. The normalized spacial score (nSPS) is 12.7. The Morgan fingerprint density at radius 2 is 2.29 bits per heavy atom. The van der Waals surface area contributed by atoms with Crippen LogP contribution < -0.4 is 10.9 Å². The Labute approximate surface area is 131 Å². The van der Waals surface area contributed by atoms with Crippen LogP contribution in [0.15, 0.2) is 46.7 Å². The third-order valence-electron chi connectivity index (χ3n) is 3.29. The van der Waals surface area contributed by atoms with Crippen molar-refractivity contribution in [1.82, 2.24) is 14.7 Å². The highest BCUT2D eigenvalue weighted by Crippen LogP contribution is 2.17. The highest BCUT2D eigenvalue weighted by atomic mass is 35.5. The van der Waals surface area contributed by atoms with Crippen LogP contribution in [0.3, 0.4) is 0 Å². The molecular formula is C15H14ClN3OS. The van der Waals surface area contributed by atoms with E-state index < -0.39 is 0 Å². The van der Waals surface area contributed by atoms with E-state index in [9.17, 15) is 4.79 Å². The van der Waals surface area contributed by atoms with E-state index in [1.54, 1.807) is 16.7 Å². The first-order valence-corrected chi connectivity index (χ1v) is 7.84. The van der Waals surface area contributed by atoms with Crippen LogP contribution >= 0.6 is 22.9 Å². The molecule has 0 spiro atoms. The second kappa shape index (κ2) is 5.97. The molecule has 1 N–H and O–H groups in total. The number of fused-ring (bicyclic) bond motifs is 1. The third-order valence-corrected chi connectivity index (χ3v) is 4.29. The molecule has 3 aromatic rings. The fraction of sp³-hybridized carbons (Fsp3) is 0.200. The highest BCUT2D eigenvalue weighted by molar-refractivity contribution is 7.15. The van der Waals surface area contributed by atoms with Gasteiger partial charge in [-0.25, -0.2) is 4.98 Å². The molecule has 6 heteroatoms. The first kappa shape index (κ1) is 14.3. The van der Waals surface area contributed by atoms with E-state index in [4.69, 9.17) is 11.6 Å². The van der Waals surface area contributed by atoms with E-state index in [2.05, 4.69) is 17.2 Å². The molecule has 0 amide bonds. The molecule has 1 atom stereocenters. The van der Waals surface area contributed by atoms with Gasteiger partial charge in [0.05, 0.1) is 5.69 Å². The smallest absolute Gasteiger partial charge is 0.258 e. The van der Waals surface area contributed by atoms with Crippen molar-refractivity contribution >= 4 is 27.9 Å². The second-order valence-electron chi connectivity index (χ2n) is 4.80. The van der Waals surface area contributed by atoms with Gasteiger partial charge >= 0.3 is 0 Å². The summed E-state index contributed by atoms with van der Waals surface area (Å²) in [5.41, 5.74) is 1.81. The second-order valence-corrected chi connectivity index (χ2v) is 6.11. The van der Waals surface area contributed by atoms with E-state index >= 15 is 0 Å². The Balaban J connectivity index is 1.75. The van der Waals surface area contributed by atoms with Gasteiger partial charge in [-0.1, -0.05) is 23.7 Å². The summed E-state index contributed by atoms with van der Waals surface area (Å²) < 4.78 is 1.55. The topological polar surface area (TPSA) is 46.4 Å². The first-order chi connectivity index (χ1) is 10.1. The lowest BCUT2D eigenvalue weighted by molar-refractivity contribution is 0.567. The monoisotopic (exact) mass is 319 g/mol. The Kier molecular flexibility index (Phi) is 4.05. The number of aromatic nitrogens is 2. The average Bonchev–Trinajstić information content (AvgIpc) is 2.93. The minimum Gasteiger partial charge on any atom is -0.305 e. The first-order valence-electron chi connectivity index (χ1n) is 6.58. The predicted octanol–water partition coefficient (Wildman–Crippen LogP) is 3.26. The largest absolute Gasteiger partial charge is 0.305 e. The van der Waals surface area contributed by atoms with E-state index in [-0.39, 0.29) is 11.6 Å². The summed E-state index contributed by atoms with van der Waals surface area (Å²) in [5, 5.41) is 5.94. The maximum Gasteiger partial charge on any atom is 0.258 e. The molecule has 0 radical (unpaired) electrons. The van der Waals surface area contributed by atoms with E-state index in [0.717, 1.165) is 21.2 Å². The fourth-order valence-electron chi connectivity index (χ4n) is 2.13. The molecule has 0 aliphatic rings. The lowest BCUT2D eigenvalue weighted by Gasteiger charge is -2.14. The van der Waals surface area contributed by atoms with Crippen LogP contribution in [-0.2, 0) is 6.54 Å². The lowest BCUT2D eigenvalue weighted by Crippen LogP contribution is -2.21. The molecule has 21 heavy (non-hydrogen) atoms. The standard InChI is InChI=1S/C15H14ClN3OS/c1-10(11-3-2-4-12(16)7-11)17-9-13-8-14(20)19-5-6-21-15(19)18-13/h2-8,10,17H,9H2,1H3/t10-/m0/s1. The van der Waals surface area contributed by atoms with Gasteiger partial charge in [0.15, 0.2) is 4.96 Å². The van der Waals surface area contributed by atoms with Gasteiger partial charge in [0.2, 0.25) is 0 Å². The van der Waals surface area contributed by atoms with Crippen LogP contribution in [0.2, 0.25) is 5.02 Å².